The molecule has 0 bridgehead atoms. The van der Waals surface area contributed by atoms with Crippen molar-refractivity contribution < 1.29 is 4.74 Å². The molecule has 3 nitrogen and oxygen atoms in total. The molecule has 0 saturated carbocycles. The third kappa shape index (κ3) is 3.27. The molecule has 0 aromatic carbocycles. The van der Waals surface area contributed by atoms with E-state index in [9.17, 15) is 0 Å². The van der Waals surface area contributed by atoms with E-state index in [1.165, 1.54) is 3.57 Å². The van der Waals surface area contributed by atoms with E-state index in [4.69, 9.17) is 4.74 Å². The van der Waals surface area contributed by atoms with Crippen LogP contribution in [0.4, 0.5) is 0 Å². The molecule has 0 fully saturated rings. The van der Waals surface area contributed by atoms with Crippen molar-refractivity contribution >= 4 is 22.6 Å². The van der Waals surface area contributed by atoms with Gasteiger partial charge in [-0.05, 0) is 35.9 Å². The first-order valence-electron chi connectivity index (χ1n) is 4.43. The predicted octanol–water partition coefficient (Wildman–Crippen LogP) is 2.34. The average molecular weight is 294 g/mol. The van der Waals surface area contributed by atoms with Crippen LogP contribution in [0.25, 0.3) is 0 Å². The van der Waals surface area contributed by atoms with Crippen LogP contribution in [0, 0.1) is 3.57 Å². The Morgan fingerprint density at radius 2 is 2.38 bits per heavy atom. The molecule has 1 aromatic rings. The van der Waals surface area contributed by atoms with E-state index in [1.54, 1.807) is 0 Å². The number of rotatable bonds is 4. The SMILES string of the molecule is CCC(C)OCc1nn(C)cc1I. The molecule has 0 N–H and O–H groups in total. The maximum Gasteiger partial charge on any atom is 0.101 e. The van der Waals surface area contributed by atoms with Crippen LogP contribution >= 0.6 is 22.6 Å². The number of aryl methyl sites for hydroxylation is 1. The second-order valence-corrected chi connectivity index (χ2v) is 4.29. The highest BCUT2D eigenvalue weighted by Gasteiger charge is 2.06. The molecule has 1 atom stereocenters. The van der Waals surface area contributed by atoms with Crippen LogP contribution in [0.3, 0.4) is 0 Å². The Balaban J connectivity index is 2.49. The van der Waals surface area contributed by atoms with Gasteiger partial charge in [0.1, 0.15) is 5.69 Å². The Labute approximate surface area is 92.6 Å². The average Bonchev–Trinajstić information content (AvgIpc) is 2.41. The Morgan fingerprint density at radius 3 is 2.85 bits per heavy atom. The summed E-state index contributed by atoms with van der Waals surface area (Å²) in [7, 11) is 1.93. The molecule has 1 heterocycles. The molecule has 1 rings (SSSR count). The molecular weight excluding hydrogens is 279 g/mol. The van der Waals surface area contributed by atoms with Crippen molar-refractivity contribution in [2.45, 2.75) is 33.0 Å². The largest absolute Gasteiger partial charge is 0.372 e. The van der Waals surface area contributed by atoms with E-state index in [1.807, 2.05) is 17.9 Å². The lowest BCUT2D eigenvalue weighted by Gasteiger charge is -2.08. The Hall–Kier alpha value is -0.100. The van der Waals surface area contributed by atoms with Crippen LogP contribution in [-0.4, -0.2) is 15.9 Å². The molecule has 0 aliphatic carbocycles. The highest BCUT2D eigenvalue weighted by atomic mass is 127. The normalized spacial score (nSPS) is 13.2. The second-order valence-electron chi connectivity index (χ2n) is 3.13. The first-order valence-corrected chi connectivity index (χ1v) is 5.51. The molecule has 74 valence electrons. The van der Waals surface area contributed by atoms with Gasteiger partial charge >= 0.3 is 0 Å². The van der Waals surface area contributed by atoms with Crippen molar-refractivity contribution in [3.63, 3.8) is 0 Å². The second kappa shape index (κ2) is 4.95. The van der Waals surface area contributed by atoms with Gasteiger partial charge in [-0.2, -0.15) is 5.10 Å². The van der Waals surface area contributed by atoms with Crippen LogP contribution in [-0.2, 0) is 18.4 Å². The molecule has 0 spiro atoms. The van der Waals surface area contributed by atoms with Gasteiger partial charge in [-0.15, -0.1) is 0 Å². The standard InChI is InChI=1S/C9H15IN2O/c1-4-7(2)13-6-9-8(10)5-12(3)11-9/h5,7H,4,6H2,1-3H3. The van der Waals surface area contributed by atoms with E-state index >= 15 is 0 Å². The minimum absolute atomic E-state index is 0.317. The van der Waals surface area contributed by atoms with Gasteiger partial charge in [0.05, 0.1) is 16.3 Å². The zero-order valence-electron chi connectivity index (χ0n) is 8.25. The number of hydrogen-bond acceptors (Lipinski definition) is 2. The van der Waals surface area contributed by atoms with Crippen molar-refractivity contribution in [1.29, 1.82) is 0 Å². The molecule has 0 aliphatic heterocycles. The van der Waals surface area contributed by atoms with Gasteiger partial charge in [-0.1, -0.05) is 6.92 Å². The lowest BCUT2D eigenvalue weighted by molar-refractivity contribution is 0.0483. The van der Waals surface area contributed by atoms with E-state index in [0.29, 0.717) is 12.7 Å². The van der Waals surface area contributed by atoms with Gasteiger partial charge in [-0.3, -0.25) is 4.68 Å². The number of aromatic nitrogens is 2. The highest BCUT2D eigenvalue weighted by Crippen LogP contribution is 2.11. The van der Waals surface area contributed by atoms with Crippen molar-refractivity contribution in [3.8, 4) is 0 Å². The van der Waals surface area contributed by atoms with Gasteiger partial charge in [-0.25, -0.2) is 0 Å². The first-order chi connectivity index (χ1) is 6.13. The summed E-state index contributed by atoms with van der Waals surface area (Å²) in [5.74, 6) is 0. The lowest BCUT2D eigenvalue weighted by atomic mass is 10.3. The topological polar surface area (TPSA) is 27.1 Å². The summed E-state index contributed by atoms with van der Waals surface area (Å²) in [6.45, 7) is 4.82. The van der Waals surface area contributed by atoms with E-state index in [2.05, 4.69) is 41.5 Å². The predicted molar refractivity (Wildman–Crippen MR) is 60.5 cm³/mol. The monoisotopic (exact) mass is 294 g/mol. The number of hydrogen-bond donors (Lipinski definition) is 0. The third-order valence-electron chi connectivity index (χ3n) is 1.93. The quantitative estimate of drug-likeness (QED) is 0.797. The van der Waals surface area contributed by atoms with Crippen molar-refractivity contribution in [1.82, 2.24) is 9.78 Å². The fourth-order valence-corrected chi connectivity index (χ4v) is 1.61. The number of halogens is 1. The van der Waals surface area contributed by atoms with E-state index in [0.717, 1.165) is 12.1 Å². The van der Waals surface area contributed by atoms with Crippen LogP contribution in [0.2, 0.25) is 0 Å². The molecule has 13 heavy (non-hydrogen) atoms. The van der Waals surface area contributed by atoms with Crippen molar-refractivity contribution in [2.75, 3.05) is 0 Å². The molecule has 0 saturated heterocycles. The minimum Gasteiger partial charge on any atom is -0.372 e. The van der Waals surface area contributed by atoms with Gasteiger partial charge in [0, 0.05) is 13.2 Å². The Bertz CT molecular complexity index is 273. The summed E-state index contributed by atoms with van der Waals surface area (Å²) in [5.41, 5.74) is 1.03. The smallest absolute Gasteiger partial charge is 0.101 e. The first kappa shape index (κ1) is 11.0. The zero-order valence-corrected chi connectivity index (χ0v) is 10.4. The van der Waals surface area contributed by atoms with Crippen LogP contribution in [0.15, 0.2) is 6.20 Å². The maximum atomic E-state index is 5.59. The number of nitrogens with zero attached hydrogens (tertiary/aromatic N) is 2. The van der Waals surface area contributed by atoms with Gasteiger partial charge in [0.2, 0.25) is 0 Å². The van der Waals surface area contributed by atoms with Crippen LogP contribution < -0.4 is 0 Å². The Morgan fingerprint density at radius 1 is 1.69 bits per heavy atom. The van der Waals surface area contributed by atoms with Gasteiger partial charge in [0.25, 0.3) is 0 Å². The zero-order chi connectivity index (χ0) is 9.84. The molecule has 1 aromatic heterocycles. The summed E-state index contributed by atoms with van der Waals surface area (Å²) in [5, 5.41) is 4.30. The summed E-state index contributed by atoms with van der Waals surface area (Å²) >= 11 is 2.28. The van der Waals surface area contributed by atoms with Gasteiger partial charge < -0.3 is 4.74 Å². The fraction of sp³-hybridized carbons (Fsp3) is 0.667. The van der Waals surface area contributed by atoms with E-state index < -0.39 is 0 Å². The van der Waals surface area contributed by atoms with Crippen LogP contribution in [0.1, 0.15) is 26.0 Å². The lowest BCUT2D eigenvalue weighted by Crippen LogP contribution is -2.07. The molecular formula is C9H15IN2O. The minimum atomic E-state index is 0.317. The molecule has 1 unspecified atom stereocenters. The van der Waals surface area contributed by atoms with Crippen molar-refractivity contribution in [2.24, 2.45) is 7.05 Å². The third-order valence-corrected chi connectivity index (χ3v) is 2.83. The maximum absolute atomic E-state index is 5.59. The Kier molecular flexibility index (Phi) is 4.18. The summed E-state index contributed by atoms with van der Waals surface area (Å²) in [4.78, 5) is 0. The highest BCUT2D eigenvalue weighted by molar-refractivity contribution is 14.1. The van der Waals surface area contributed by atoms with Gasteiger partial charge in [0.15, 0.2) is 0 Å². The van der Waals surface area contributed by atoms with Crippen molar-refractivity contribution in [3.05, 3.63) is 15.5 Å². The summed E-state index contributed by atoms with van der Waals surface area (Å²) < 4.78 is 8.58. The summed E-state index contributed by atoms with van der Waals surface area (Å²) in [6, 6.07) is 0. The summed E-state index contributed by atoms with van der Waals surface area (Å²) in [6.07, 6.45) is 3.36. The van der Waals surface area contributed by atoms with E-state index in [-0.39, 0.29) is 0 Å². The molecule has 0 radical (unpaired) electrons. The fourth-order valence-electron chi connectivity index (χ4n) is 0.942. The number of ether oxygens (including phenoxy) is 1. The molecule has 0 amide bonds. The molecule has 4 heteroatoms. The van der Waals surface area contributed by atoms with Crippen LogP contribution in [0.5, 0.6) is 0 Å². The molecule has 0 aliphatic rings.